The van der Waals surface area contributed by atoms with Gasteiger partial charge in [0.1, 0.15) is 11.9 Å². The van der Waals surface area contributed by atoms with Gasteiger partial charge in [0.2, 0.25) is 11.8 Å². The Hall–Kier alpha value is -2.87. The summed E-state index contributed by atoms with van der Waals surface area (Å²) >= 11 is 0. The Bertz CT molecular complexity index is 748. The largest absolute Gasteiger partial charge is 0.481 e. The highest BCUT2D eigenvalue weighted by molar-refractivity contribution is 5.76. The molecule has 138 valence electrons. The standard InChI is InChI=1S/C18H22N4O4/c1-25-15-7-6-13(17(20-15)26-2)16(18(23)24)22-11-9-21(10-12-22)14-5-3-4-8-19-14/h3-8,16H,9-12H2,1-2H3,(H,23,24)/t16-/m1/s1. The second-order valence-corrected chi connectivity index (χ2v) is 5.90. The molecule has 2 aromatic heterocycles. The zero-order valence-electron chi connectivity index (χ0n) is 14.8. The highest BCUT2D eigenvalue weighted by atomic mass is 16.5. The molecule has 0 spiro atoms. The summed E-state index contributed by atoms with van der Waals surface area (Å²) in [5, 5.41) is 9.83. The fraction of sp³-hybridized carbons (Fsp3) is 0.389. The first-order valence-corrected chi connectivity index (χ1v) is 8.35. The molecule has 1 saturated heterocycles. The minimum Gasteiger partial charge on any atom is -0.481 e. The molecule has 0 bridgehead atoms. The summed E-state index contributed by atoms with van der Waals surface area (Å²) in [6, 6.07) is 8.31. The van der Waals surface area contributed by atoms with Crippen molar-refractivity contribution >= 4 is 11.8 Å². The number of hydrogen-bond donors (Lipinski definition) is 1. The summed E-state index contributed by atoms with van der Waals surface area (Å²) < 4.78 is 10.4. The number of pyridine rings is 2. The summed E-state index contributed by atoms with van der Waals surface area (Å²) in [7, 11) is 2.98. The monoisotopic (exact) mass is 358 g/mol. The van der Waals surface area contributed by atoms with E-state index in [0.29, 0.717) is 37.6 Å². The van der Waals surface area contributed by atoms with E-state index in [4.69, 9.17) is 9.47 Å². The third-order valence-electron chi connectivity index (χ3n) is 4.45. The lowest BCUT2D eigenvalue weighted by molar-refractivity contribution is -0.143. The van der Waals surface area contributed by atoms with Crippen molar-refractivity contribution in [3.63, 3.8) is 0 Å². The maximum absolute atomic E-state index is 12.0. The second-order valence-electron chi connectivity index (χ2n) is 5.90. The van der Waals surface area contributed by atoms with E-state index >= 15 is 0 Å². The lowest BCUT2D eigenvalue weighted by atomic mass is 10.1. The number of ether oxygens (including phenoxy) is 2. The van der Waals surface area contributed by atoms with Crippen LogP contribution in [0.4, 0.5) is 5.82 Å². The number of piperazine rings is 1. The molecule has 0 unspecified atom stereocenters. The van der Waals surface area contributed by atoms with Gasteiger partial charge in [-0.25, -0.2) is 4.98 Å². The third-order valence-corrected chi connectivity index (χ3v) is 4.45. The summed E-state index contributed by atoms with van der Waals surface area (Å²) in [6.07, 6.45) is 1.76. The number of rotatable bonds is 6. The lowest BCUT2D eigenvalue weighted by Gasteiger charge is -2.38. The molecule has 1 aliphatic heterocycles. The van der Waals surface area contributed by atoms with E-state index in [1.165, 1.54) is 14.2 Å². The van der Waals surface area contributed by atoms with Crippen LogP contribution in [0.25, 0.3) is 0 Å². The second kappa shape index (κ2) is 8.01. The van der Waals surface area contributed by atoms with Gasteiger partial charge in [-0.05, 0) is 18.2 Å². The molecule has 26 heavy (non-hydrogen) atoms. The van der Waals surface area contributed by atoms with E-state index in [0.717, 1.165) is 5.82 Å². The lowest BCUT2D eigenvalue weighted by Crippen LogP contribution is -2.49. The Balaban J connectivity index is 1.79. The number of methoxy groups -OCH3 is 2. The molecule has 0 radical (unpaired) electrons. The first kappa shape index (κ1) is 17.9. The van der Waals surface area contributed by atoms with Crippen LogP contribution in [0.3, 0.4) is 0 Å². The van der Waals surface area contributed by atoms with Gasteiger partial charge in [0.15, 0.2) is 0 Å². The Morgan fingerprint density at radius 2 is 1.88 bits per heavy atom. The number of carboxylic acid groups (broad SMARTS) is 1. The Morgan fingerprint density at radius 1 is 1.12 bits per heavy atom. The molecule has 2 aromatic rings. The fourth-order valence-electron chi connectivity index (χ4n) is 3.16. The number of aliphatic carboxylic acids is 1. The number of hydrogen-bond acceptors (Lipinski definition) is 7. The average molecular weight is 358 g/mol. The van der Waals surface area contributed by atoms with Gasteiger partial charge in [0, 0.05) is 44.0 Å². The van der Waals surface area contributed by atoms with E-state index in [1.807, 2.05) is 23.1 Å². The molecule has 1 atom stereocenters. The fourth-order valence-corrected chi connectivity index (χ4v) is 3.16. The van der Waals surface area contributed by atoms with Crippen molar-refractivity contribution in [3.05, 3.63) is 42.1 Å². The Labute approximate surface area is 152 Å². The molecule has 0 aromatic carbocycles. The summed E-state index contributed by atoms with van der Waals surface area (Å²) in [4.78, 5) is 24.6. The van der Waals surface area contributed by atoms with Crippen LogP contribution < -0.4 is 14.4 Å². The molecular weight excluding hydrogens is 336 g/mol. The van der Waals surface area contributed by atoms with E-state index in [2.05, 4.69) is 14.9 Å². The maximum Gasteiger partial charge on any atom is 0.325 e. The third kappa shape index (κ3) is 3.70. The zero-order valence-corrected chi connectivity index (χ0v) is 14.8. The molecule has 8 heteroatoms. The van der Waals surface area contributed by atoms with Crippen LogP contribution in [-0.4, -0.2) is 66.3 Å². The van der Waals surface area contributed by atoms with Crippen molar-refractivity contribution in [2.45, 2.75) is 6.04 Å². The molecular formula is C18H22N4O4. The van der Waals surface area contributed by atoms with E-state index in [-0.39, 0.29) is 5.88 Å². The normalized spacial score (nSPS) is 16.2. The number of carbonyl (C=O) groups is 1. The van der Waals surface area contributed by atoms with Crippen molar-refractivity contribution in [1.82, 2.24) is 14.9 Å². The highest BCUT2D eigenvalue weighted by Crippen LogP contribution is 2.31. The summed E-state index contributed by atoms with van der Waals surface area (Å²) in [5.74, 6) is 0.628. The van der Waals surface area contributed by atoms with Crippen molar-refractivity contribution < 1.29 is 19.4 Å². The smallest absolute Gasteiger partial charge is 0.325 e. The van der Waals surface area contributed by atoms with Gasteiger partial charge in [0.05, 0.1) is 14.2 Å². The SMILES string of the molecule is COc1ccc([C@H](C(=O)O)N2CCN(c3ccccn3)CC2)c(OC)n1. The topological polar surface area (TPSA) is 88.0 Å². The molecule has 1 aliphatic rings. The van der Waals surface area contributed by atoms with Crippen LogP contribution in [0.2, 0.25) is 0 Å². The van der Waals surface area contributed by atoms with Gasteiger partial charge in [-0.3, -0.25) is 9.69 Å². The molecule has 0 amide bonds. The van der Waals surface area contributed by atoms with Crippen LogP contribution in [0.5, 0.6) is 11.8 Å². The molecule has 3 rings (SSSR count). The van der Waals surface area contributed by atoms with Gasteiger partial charge in [0.25, 0.3) is 0 Å². The minimum absolute atomic E-state index is 0.268. The predicted octanol–water partition coefficient (Wildman–Crippen LogP) is 1.44. The Morgan fingerprint density at radius 3 is 2.46 bits per heavy atom. The summed E-state index contributed by atoms with van der Waals surface area (Å²) in [6.45, 7) is 2.60. The van der Waals surface area contributed by atoms with E-state index < -0.39 is 12.0 Å². The molecule has 0 saturated carbocycles. The van der Waals surface area contributed by atoms with Gasteiger partial charge in [-0.2, -0.15) is 4.98 Å². The minimum atomic E-state index is -0.929. The number of anilines is 1. The van der Waals surface area contributed by atoms with Gasteiger partial charge in [-0.1, -0.05) is 6.07 Å². The highest BCUT2D eigenvalue weighted by Gasteiger charge is 2.33. The van der Waals surface area contributed by atoms with Gasteiger partial charge in [-0.15, -0.1) is 0 Å². The number of carboxylic acids is 1. The number of nitrogens with zero attached hydrogens (tertiary/aromatic N) is 4. The predicted molar refractivity (Wildman–Crippen MR) is 95.7 cm³/mol. The van der Waals surface area contributed by atoms with Gasteiger partial charge < -0.3 is 19.5 Å². The first-order valence-electron chi connectivity index (χ1n) is 8.35. The van der Waals surface area contributed by atoms with Crippen LogP contribution in [0.1, 0.15) is 11.6 Å². The number of aromatic nitrogens is 2. The van der Waals surface area contributed by atoms with Crippen molar-refractivity contribution in [2.24, 2.45) is 0 Å². The zero-order chi connectivity index (χ0) is 18.5. The molecule has 1 fully saturated rings. The quantitative estimate of drug-likeness (QED) is 0.830. The van der Waals surface area contributed by atoms with Gasteiger partial charge >= 0.3 is 5.97 Å². The van der Waals surface area contributed by atoms with Crippen molar-refractivity contribution in [1.29, 1.82) is 0 Å². The summed E-state index contributed by atoms with van der Waals surface area (Å²) in [5.41, 5.74) is 0.520. The van der Waals surface area contributed by atoms with Crippen LogP contribution in [0, 0.1) is 0 Å². The molecule has 8 nitrogen and oxygen atoms in total. The van der Waals surface area contributed by atoms with E-state index in [1.54, 1.807) is 18.3 Å². The van der Waals surface area contributed by atoms with Crippen LogP contribution in [-0.2, 0) is 4.79 Å². The maximum atomic E-state index is 12.0. The van der Waals surface area contributed by atoms with Crippen LogP contribution in [0.15, 0.2) is 36.5 Å². The van der Waals surface area contributed by atoms with E-state index in [9.17, 15) is 9.90 Å². The van der Waals surface area contributed by atoms with Crippen molar-refractivity contribution in [2.75, 3.05) is 45.3 Å². The van der Waals surface area contributed by atoms with Crippen LogP contribution >= 0.6 is 0 Å². The molecule has 1 N–H and O–H groups in total. The van der Waals surface area contributed by atoms with Crippen molar-refractivity contribution in [3.8, 4) is 11.8 Å². The molecule has 3 heterocycles. The molecule has 0 aliphatic carbocycles. The average Bonchev–Trinajstić information content (AvgIpc) is 2.69. The Kier molecular flexibility index (Phi) is 5.52. The first-order chi connectivity index (χ1) is 12.6.